The van der Waals surface area contributed by atoms with E-state index in [1.807, 2.05) is 0 Å². The van der Waals surface area contributed by atoms with Crippen LogP contribution in [0.2, 0.25) is 0 Å². The molecule has 1 fully saturated rings. The van der Waals surface area contributed by atoms with Gasteiger partial charge < -0.3 is 4.74 Å². The number of aryl methyl sites for hydroxylation is 1. The predicted molar refractivity (Wildman–Crippen MR) is 105 cm³/mol. The summed E-state index contributed by atoms with van der Waals surface area (Å²) in [6, 6.07) is 5.69. The van der Waals surface area contributed by atoms with Crippen LogP contribution < -0.4 is 5.32 Å². The Hall–Kier alpha value is -2.30. The molecule has 0 saturated carbocycles. The van der Waals surface area contributed by atoms with Gasteiger partial charge in [0.2, 0.25) is 10.0 Å². The number of nitrogens with one attached hydrogen (secondary N) is 1. The molecule has 1 aromatic heterocycles. The first-order chi connectivity index (χ1) is 13.4. The zero-order valence-corrected chi connectivity index (χ0v) is 17.0. The number of anilines is 1. The lowest BCUT2D eigenvalue weighted by Gasteiger charge is -2.25. The monoisotopic (exact) mass is 423 g/mol. The number of carbonyl (C=O) groups excluding carboxylic acids is 2. The highest BCUT2D eigenvalue weighted by Gasteiger charge is 2.26. The first-order valence-electron chi connectivity index (χ1n) is 8.85. The van der Waals surface area contributed by atoms with Gasteiger partial charge in [0.05, 0.1) is 16.2 Å². The third-order valence-electron chi connectivity index (χ3n) is 4.22. The van der Waals surface area contributed by atoms with Crippen LogP contribution in [0, 0.1) is 6.92 Å². The highest BCUT2D eigenvalue weighted by molar-refractivity contribution is 7.89. The van der Waals surface area contributed by atoms with Gasteiger partial charge in [0.15, 0.2) is 11.7 Å². The van der Waals surface area contributed by atoms with E-state index >= 15 is 0 Å². The van der Waals surface area contributed by atoms with Crippen molar-refractivity contribution in [3.8, 4) is 0 Å². The molecule has 0 aliphatic carbocycles. The van der Waals surface area contributed by atoms with E-state index in [0.29, 0.717) is 18.2 Å². The van der Waals surface area contributed by atoms with Gasteiger partial charge in [-0.2, -0.15) is 4.31 Å². The van der Waals surface area contributed by atoms with Crippen molar-refractivity contribution in [3.05, 3.63) is 40.9 Å². The second-order valence-corrected chi connectivity index (χ2v) is 9.21. The number of piperidine rings is 1. The smallest absolute Gasteiger partial charge is 0.338 e. The fourth-order valence-electron chi connectivity index (χ4n) is 2.82. The number of thiazole rings is 1. The Morgan fingerprint density at radius 2 is 2.00 bits per heavy atom. The normalized spacial score (nSPS) is 15.2. The number of hydrogen-bond donors (Lipinski definition) is 1. The average Bonchev–Trinajstić information content (AvgIpc) is 3.11. The van der Waals surface area contributed by atoms with Crippen LogP contribution in [0.4, 0.5) is 5.13 Å². The Balaban J connectivity index is 1.62. The van der Waals surface area contributed by atoms with Gasteiger partial charge in [0, 0.05) is 18.5 Å². The number of hydrogen-bond acceptors (Lipinski definition) is 7. The van der Waals surface area contributed by atoms with E-state index in [1.54, 1.807) is 12.3 Å². The third-order valence-corrected chi connectivity index (χ3v) is 6.99. The molecule has 1 amide bonds. The molecule has 1 saturated heterocycles. The summed E-state index contributed by atoms with van der Waals surface area (Å²) in [6.45, 7) is 2.28. The lowest BCUT2D eigenvalue weighted by Crippen LogP contribution is -2.35. The van der Waals surface area contributed by atoms with E-state index in [4.69, 9.17) is 4.74 Å². The van der Waals surface area contributed by atoms with E-state index in [0.717, 1.165) is 25.0 Å². The molecule has 3 rings (SSSR count). The van der Waals surface area contributed by atoms with Crippen LogP contribution in [0.5, 0.6) is 0 Å². The number of nitrogens with zero attached hydrogens (tertiary/aromatic N) is 2. The number of ether oxygens (including phenoxy) is 1. The molecule has 2 aromatic rings. The maximum absolute atomic E-state index is 12.7. The highest BCUT2D eigenvalue weighted by atomic mass is 32.2. The van der Waals surface area contributed by atoms with Gasteiger partial charge in [-0.05, 0) is 38.0 Å². The molecule has 0 radical (unpaired) electrons. The summed E-state index contributed by atoms with van der Waals surface area (Å²) in [5, 5.41) is 4.75. The molecule has 0 atom stereocenters. The molecule has 1 aliphatic heterocycles. The van der Waals surface area contributed by atoms with Crippen LogP contribution in [0.1, 0.15) is 35.3 Å². The van der Waals surface area contributed by atoms with Crippen LogP contribution >= 0.6 is 11.3 Å². The van der Waals surface area contributed by atoms with Gasteiger partial charge in [-0.1, -0.05) is 12.5 Å². The largest absolute Gasteiger partial charge is 0.452 e. The molecule has 10 heteroatoms. The van der Waals surface area contributed by atoms with Crippen LogP contribution in [-0.4, -0.2) is 49.3 Å². The molecule has 0 spiro atoms. The quantitative estimate of drug-likeness (QED) is 0.716. The van der Waals surface area contributed by atoms with Crippen LogP contribution in [-0.2, 0) is 19.6 Å². The Morgan fingerprint density at radius 3 is 2.68 bits per heavy atom. The minimum Gasteiger partial charge on any atom is -0.452 e. The lowest BCUT2D eigenvalue weighted by molar-refractivity contribution is -0.119. The number of esters is 1. The second kappa shape index (κ2) is 8.80. The molecule has 2 heterocycles. The van der Waals surface area contributed by atoms with Crippen molar-refractivity contribution in [2.24, 2.45) is 0 Å². The molecular weight excluding hydrogens is 402 g/mol. The van der Waals surface area contributed by atoms with E-state index in [1.165, 1.54) is 39.9 Å². The fraction of sp³-hybridized carbons (Fsp3) is 0.389. The summed E-state index contributed by atoms with van der Waals surface area (Å²) in [5.74, 6) is -1.28. The molecule has 1 aliphatic rings. The van der Waals surface area contributed by atoms with Crippen molar-refractivity contribution in [3.63, 3.8) is 0 Å². The first kappa shape index (κ1) is 20.4. The third kappa shape index (κ3) is 4.94. The summed E-state index contributed by atoms with van der Waals surface area (Å²) < 4.78 is 31.9. The second-order valence-electron chi connectivity index (χ2n) is 6.41. The molecule has 28 heavy (non-hydrogen) atoms. The molecule has 150 valence electrons. The van der Waals surface area contributed by atoms with Crippen molar-refractivity contribution in [2.45, 2.75) is 31.1 Å². The summed E-state index contributed by atoms with van der Waals surface area (Å²) >= 11 is 1.27. The van der Waals surface area contributed by atoms with Gasteiger partial charge in [-0.15, -0.1) is 11.3 Å². The molecule has 1 aromatic carbocycles. The van der Waals surface area contributed by atoms with Crippen molar-refractivity contribution in [1.82, 2.24) is 9.29 Å². The van der Waals surface area contributed by atoms with E-state index in [9.17, 15) is 18.0 Å². The lowest BCUT2D eigenvalue weighted by atomic mass is 10.2. The fourth-order valence-corrected chi connectivity index (χ4v) is 5.09. The van der Waals surface area contributed by atoms with Gasteiger partial charge in [0.25, 0.3) is 5.91 Å². The predicted octanol–water partition coefficient (Wildman–Crippen LogP) is 2.42. The summed E-state index contributed by atoms with van der Waals surface area (Å²) in [6.07, 6.45) is 2.67. The van der Waals surface area contributed by atoms with Gasteiger partial charge in [-0.3, -0.25) is 10.1 Å². The summed E-state index contributed by atoms with van der Waals surface area (Å²) in [7, 11) is -3.65. The van der Waals surface area contributed by atoms with Gasteiger partial charge >= 0.3 is 5.97 Å². The molecule has 1 N–H and O–H groups in total. The summed E-state index contributed by atoms with van der Waals surface area (Å²) in [5.41, 5.74) is 0.861. The SMILES string of the molecule is Cc1csc(NC(=O)COC(=O)c2cccc(S(=O)(=O)N3CCCCC3)c2)n1. The maximum Gasteiger partial charge on any atom is 0.338 e. The molecule has 8 nitrogen and oxygen atoms in total. The standard InChI is InChI=1S/C18H21N3O5S2/c1-13-12-27-18(19-13)20-16(22)11-26-17(23)14-6-5-7-15(10-14)28(24,25)21-8-3-2-4-9-21/h5-7,10,12H,2-4,8-9,11H2,1H3,(H,19,20,22). The summed E-state index contributed by atoms with van der Waals surface area (Å²) in [4.78, 5) is 28.2. The topological polar surface area (TPSA) is 106 Å². The number of amides is 1. The number of rotatable bonds is 6. The minimum atomic E-state index is -3.65. The van der Waals surface area contributed by atoms with Crippen LogP contribution in [0.15, 0.2) is 34.5 Å². The maximum atomic E-state index is 12.7. The Bertz CT molecular complexity index is 965. The van der Waals surface area contributed by atoms with Crippen molar-refractivity contribution in [2.75, 3.05) is 25.0 Å². The molecule has 0 unspecified atom stereocenters. The minimum absolute atomic E-state index is 0.0477. The van der Waals surface area contributed by atoms with E-state index in [2.05, 4.69) is 10.3 Å². The van der Waals surface area contributed by atoms with Crippen LogP contribution in [0.3, 0.4) is 0 Å². The Kier molecular flexibility index (Phi) is 6.42. The van der Waals surface area contributed by atoms with E-state index in [-0.39, 0.29) is 10.5 Å². The van der Waals surface area contributed by atoms with Crippen LogP contribution in [0.25, 0.3) is 0 Å². The average molecular weight is 424 g/mol. The zero-order chi connectivity index (χ0) is 20.1. The number of aromatic nitrogens is 1. The number of benzene rings is 1. The number of carbonyl (C=O) groups is 2. The number of sulfonamides is 1. The van der Waals surface area contributed by atoms with Gasteiger partial charge in [-0.25, -0.2) is 18.2 Å². The van der Waals surface area contributed by atoms with Crippen molar-refractivity contribution in [1.29, 1.82) is 0 Å². The van der Waals surface area contributed by atoms with Crippen molar-refractivity contribution >= 4 is 38.4 Å². The molecule has 0 bridgehead atoms. The Labute approximate surface area is 167 Å². The molecular formula is C18H21N3O5S2. The van der Waals surface area contributed by atoms with Crippen molar-refractivity contribution < 1.29 is 22.7 Å². The Morgan fingerprint density at radius 1 is 1.25 bits per heavy atom. The highest BCUT2D eigenvalue weighted by Crippen LogP contribution is 2.21. The first-order valence-corrected chi connectivity index (χ1v) is 11.2. The zero-order valence-electron chi connectivity index (χ0n) is 15.4. The van der Waals surface area contributed by atoms with E-state index < -0.39 is 28.5 Å². The van der Waals surface area contributed by atoms with Gasteiger partial charge in [0.1, 0.15) is 0 Å².